The van der Waals surface area contributed by atoms with Crippen molar-refractivity contribution in [1.82, 2.24) is 19.6 Å². The molecule has 0 saturated carbocycles. The van der Waals surface area contributed by atoms with Gasteiger partial charge in [0.05, 0.1) is 18.9 Å². The third-order valence-corrected chi connectivity index (χ3v) is 6.08. The van der Waals surface area contributed by atoms with E-state index in [1.807, 2.05) is 17.9 Å². The van der Waals surface area contributed by atoms with Crippen LogP contribution in [0.2, 0.25) is 0 Å². The molecule has 3 rings (SSSR count). The Morgan fingerprint density at radius 1 is 1.33 bits per heavy atom. The minimum Gasteiger partial charge on any atom is -0.376 e. The molecule has 24 heavy (non-hydrogen) atoms. The summed E-state index contributed by atoms with van der Waals surface area (Å²) in [5.74, 6) is 0. The quantitative estimate of drug-likeness (QED) is 0.828. The molecule has 0 amide bonds. The zero-order chi connectivity index (χ0) is 17.2. The molecule has 0 unspecified atom stereocenters. The third-order valence-electron chi connectivity index (χ3n) is 6.08. The monoisotopic (exact) mass is 334 g/mol. The summed E-state index contributed by atoms with van der Waals surface area (Å²) >= 11 is 0. The number of likely N-dealkylation sites (N-methyl/N-ethyl adjacent to an activating group) is 1. The minimum absolute atomic E-state index is 0.427. The van der Waals surface area contributed by atoms with Crippen molar-refractivity contribution in [2.24, 2.45) is 12.5 Å². The zero-order valence-corrected chi connectivity index (χ0v) is 15.9. The average Bonchev–Trinajstić information content (AvgIpc) is 2.97. The van der Waals surface area contributed by atoms with E-state index in [0.717, 1.165) is 19.7 Å². The van der Waals surface area contributed by atoms with Crippen molar-refractivity contribution in [2.45, 2.75) is 58.2 Å². The molecule has 5 nitrogen and oxygen atoms in total. The number of nitrogens with zero attached hydrogens (tertiary/aromatic N) is 4. The molecule has 0 bridgehead atoms. The van der Waals surface area contributed by atoms with Gasteiger partial charge in [0.25, 0.3) is 0 Å². The molecule has 1 atom stereocenters. The van der Waals surface area contributed by atoms with E-state index in [2.05, 4.69) is 42.0 Å². The normalized spacial score (nSPS) is 25.0. The first-order chi connectivity index (χ1) is 11.5. The lowest BCUT2D eigenvalue weighted by Gasteiger charge is -2.46. The van der Waals surface area contributed by atoms with Crippen LogP contribution >= 0.6 is 0 Å². The molecule has 2 fully saturated rings. The number of aryl methyl sites for hydroxylation is 1. The molecule has 3 heterocycles. The van der Waals surface area contributed by atoms with Crippen LogP contribution in [0, 0.1) is 5.41 Å². The van der Waals surface area contributed by atoms with Crippen molar-refractivity contribution in [3.8, 4) is 0 Å². The maximum atomic E-state index is 6.28. The summed E-state index contributed by atoms with van der Waals surface area (Å²) in [5.41, 5.74) is 1.77. The molecule has 1 aromatic rings. The van der Waals surface area contributed by atoms with Gasteiger partial charge < -0.3 is 9.64 Å². The Morgan fingerprint density at radius 3 is 2.62 bits per heavy atom. The smallest absolute Gasteiger partial charge is 0.0702 e. The van der Waals surface area contributed by atoms with Gasteiger partial charge in [-0.15, -0.1) is 0 Å². The van der Waals surface area contributed by atoms with Crippen LogP contribution in [0.3, 0.4) is 0 Å². The van der Waals surface area contributed by atoms with E-state index in [1.165, 1.54) is 44.3 Å². The predicted molar refractivity (Wildman–Crippen MR) is 96.9 cm³/mol. The van der Waals surface area contributed by atoms with E-state index in [0.29, 0.717) is 17.6 Å². The SMILES string of the molecule is CC(C)N(C)C[C@H]1CCC2(CCN(Cc3cnn(C)c3)CC2)CO1. The first-order valence-electron chi connectivity index (χ1n) is 9.47. The number of ether oxygens (including phenoxy) is 1. The van der Waals surface area contributed by atoms with Crippen LogP contribution < -0.4 is 0 Å². The maximum Gasteiger partial charge on any atom is 0.0702 e. The molecular formula is C19H34N4O. The summed E-state index contributed by atoms with van der Waals surface area (Å²) in [4.78, 5) is 4.97. The van der Waals surface area contributed by atoms with E-state index < -0.39 is 0 Å². The fourth-order valence-electron chi connectivity index (χ4n) is 3.98. The van der Waals surface area contributed by atoms with Crippen molar-refractivity contribution < 1.29 is 4.74 Å². The number of likely N-dealkylation sites (tertiary alicyclic amines) is 1. The van der Waals surface area contributed by atoms with Gasteiger partial charge in [0.1, 0.15) is 0 Å². The van der Waals surface area contributed by atoms with Crippen LogP contribution in [0.4, 0.5) is 0 Å². The molecule has 5 heteroatoms. The highest BCUT2D eigenvalue weighted by molar-refractivity contribution is 5.04. The van der Waals surface area contributed by atoms with E-state index >= 15 is 0 Å². The minimum atomic E-state index is 0.427. The highest BCUT2D eigenvalue weighted by Crippen LogP contribution is 2.40. The number of aromatic nitrogens is 2. The summed E-state index contributed by atoms with van der Waals surface area (Å²) in [6.45, 7) is 9.95. The molecule has 2 saturated heterocycles. The Morgan fingerprint density at radius 2 is 2.08 bits per heavy atom. The molecule has 0 aromatic carbocycles. The van der Waals surface area contributed by atoms with Gasteiger partial charge in [0, 0.05) is 37.9 Å². The van der Waals surface area contributed by atoms with Crippen LogP contribution in [0.25, 0.3) is 0 Å². The third kappa shape index (κ3) is 4.38. The van der Waals surface area contributed by atoms with Gasteiger partial charge in [-0.05, 0) is 65.1 Å². The molecule has 0 aliphatic carbocycles. The lowest BCUT2D eigenvalue weighted by atomic mass is 9.73. The van der Waals surface area contributed by atoms with Crippen molar-refractivity contribution >= 4 is 0 Å². The van der Waals surface area contributed by atoms with Crippen molar-refractivity contribution in [1.29, 1.82) is 0 Å². The summed E-state index contributed by atoms with van der Waals surface area (Å²) in [6.07, 6.45) is 9.66. The second-order valence-corrected chi connectivity index (χ2v) is 8.30. The first kappa shape index (κ1) is 17.9. The molecule has 1 spiro atoms. The fourth-order valence-corrected chi connectivity index (χ4v) is 3.98. The molecule has 1 aromatic heterocycles. The summed E-state index contributed by atoms with van der Waals surface area (Å²) in [7, 11) is 4.19. The van der Waals surface area contributed by atoms with Gasteiger partial charge in [0.15, 0.2) is 0 Å². The lowest BCUT2D eigenvalue weighted by molar-refractivity contribution is -0.0946. The van der Waals surface area contributed by atoms with Crippen LogP contribution in [0.15, 0.2) is 12.4 Å². The summed E-state index contributed by atoms with van der Waals surface area (Å²) in [5, 5.41) is 4.28. The number of piperidine rings is 1. The van der Waals surface area contributed by atoms with Crippen LogP contribution in [-0.2, 0) is 18.3 Å². The van der Waals surface area contributed by atoms with Crippen LogP contribution in [0.5, 0.6) is 0 Å². The highest BCUT2D eigenvalue weighted by Gasteiger charge is 2.39. The Hall–Kier alpha value is -0.910. The van der Waals surface area contributed by atoms with Gasteiger partial charge in [0.2, 0.25) is 0 Å². The lowest BCUT2D eigenvalue weighted by Crippen LogP contribution is -2.47. The highest BCUT2D eigenvalue weighted by atomic mass is 16.5. The number of hydrogen-bond acceptors (Lipinski definition) is 4. The molecule has 0 N–H and O–H groups in total. The van der Waals surface area contributed by atoms with Gasteiger partial charge in [-0.25, -0.2) is 0 Å². The van der Waals surface area contributed by atoms with E-state index in [4.69, 9.17) is 4.74 Å². The Kier molecular flexibility index (Phi) is 5.63. The van der Waals surface area contributed by atoms with E-state index in [9.17, 15) is 0 Å². The molecule has 2 aliphatic heterocycles. The zero-order valence-electron chi connectivity index (χ0n) is 15.9. The Labute approximate surface area is 146 Å². The van der Waals surface area contributed by atoms with E-state index in [-0.39, 0.29) is 0 Å². The first-order valence-corrected chi connectivity index (χ1v) is 9.47. The fraction of sp³-hybridized carbons (Fsp3) is 0.842. The van der Waals surface area contributed by atoms with Crippen LogP contribution in [-0.4, -0.2) is 65.0 Å². The summed E-state index contributed by atoms with van der Waals surface area (Å²) in [6, 6.07) is 0.597. The molecule has 0 radical (unpaired) electrons. The largest absolute Gasteiger partial charge is 0.376 e. The van der Waals surface area contributed by atoms with Gasteiger partial charge in [-0.3, -0.25) is 9.58 Å². The Balaban J connectivity index is 1.43. The van der Waals surface area contributed by atoms with Crippen molar-refractivity contribution in [3.05, 3.63) is 18.0 Å². The summed E-state index contributed by atoms with van der Waals surface area (Å²) < 4.78 is 8.17. The topological polar surface area (TPSA) is 33.5 Å². The molecule has 136 valence electrons. The van der Waals surface area contributed by atoms with Gasteiger partial charge in [-0.1, -0.05) is 0 Å². The average molecular weight is 335 g/mol. The predicted octanol–water partition coefficient (Wildman–Crippen LogP) is 2.52. The molecular weight excluding hydrogens is 300 g/mol. The van der Waals surface area contributed by atoms with Crippen LogP contribution in [0.1, 0.15) is 45.1 Å². The van der Waals surface area contributed by atoms with Gasteiger partial charge in [-0.2, -0.15) is 5.10 Å². The number of hydrogen-bond donors (Lipinski definition) is 0. The standard InChI is InChI=1S/C19H34N4O/c1-16(2)21(3)14-18-5-6-19(15-24-18)7-9-23(10-8-19)13-17-11-20-22(4)12-17/h11-12,16,18H,5-10,13-15H2,1-4H3/t18-/m1/s1. The maximum absolute atomic E-state index is 6.28. The number of rotatable bonds is 5. The van der Waals surface area contributed by atoms with E-state index in [1.54, 1.807) is 0 Å². The second-order valence-electron chi connectivity index (χ2n) is 8.30. The van der Waals surface area contributed by atoms with Gasteiger partial charge >= 0.3 is 0 Å². The van der Waals surface area contributed by atoms with Crippen molar-refractivity contribution in [3.63, 3.8) is 0 Å². The Bertz CT molecular complexity index is 509. The molecule has 2 aliphatic rings. The van der Waals surface area contributed by atoms with Crippen molar-refractivity contribution in [2.75, 3.05) is 33.3 Å². The second kappa shape index (κ2) is 7.54.